The van der Waals surface area contributed by atoms with Crippen LogP contribution in [0.2, 0.25) is 0 Å². The van der Waals surface area contributed by atoms with Crippen LogP contribution in [0.5, 0.6) is 0 Å². The average Bonchev–Trinajstić information content (AvgIpc) is 2.36. The fourth-order valence-corrected chi connectivity index (χ4v) is 2.08. The molecular weight excluding hydrogens is 236 g/mol. The van der Waals surface area contributed by atoms with Crippen LogP contribution in [0.15, 0.2) is 47.0 Å². The molecule has 0 amide bonds. The molecular formula is C14H11ClO2. The molecule has 3 heteroatoms. The van der Waals surface area contributed by atoms with Gasteiger partial charge in [0.05, 0.1) is 5.03 Å². The molecule has 0 heterocycles. The highest BCUT2D eigenvalue weighted by Crippen LogP contribution is 2.30. The first kappa shape index (κ1) is 11.8. The van der Waals surface area contributed by atoms with Gasteiger partial charge in [0.15, 0.2) is 5.78 Å². The molecule has 0 aromatic heterocycles. The van der Waals surface area contributed by atoms with Crippen molar-refractivity contribution in [1.29, 1.82) is 0 Å². The third-order valence-corrected chi connectivity index (χ3v) is 3.11. The van der Waals surface area contributed by atoms with Gasteiger partial charge in [-0.3, -0.25) is 9.59 Å². The molecule has 0 atom stereocenters. The number of Topliss-reactive ketones (excluding diaryl/α,β-unsaturated/α-hetero) is 2. The quantitative estimate of drug-likeness (QED) is 0.748. The summed E-state index contributed by atoms with van der Waals surface area (Å²) in [6.45, 7) is 1.86. The van der Waals surface area contributed by atoms with E-state index in [0.717, 1.165) is 0 Å². The number of hydrogen-bond acceptors (Lipinski definition) is 2. The van der Waals surface area contributed by atoms with E-state index in [-0.39, 0.29) is 16.6 Å². The van der Waals surface area contributed by atoms with E-state index in [1.54, 1.807) is 24.3 Å². The van der Waals surface area contributed by atoms with Gasteiger partial charge in [-0.05, 0) is 13.3 Å². The second-order valence-electron chi connectivity index (χ2n) is 3.77. The molecule has 86 valence electrons. The van der Waals surface area contributed by atoms with Crippen molar-refractivity contribution in [2.45, 2.75) is 13.3 Å². The van der Waals surface area contributed by atoms with Gasteiger partial charge < -0.3 is 0 Å². The molecule has 0 N–H and O–H groups in total. The van der Waals surface area contributed by atoms with Crippen LogP contribution in [0.1, 0.15) is 34.1 Å². The number of benzene rings is 1. The van der Waals surface area contributed by atoms with Crippen LogP contribution >= 0.6 is 11.6 Å². The molecule has 0 unspecified atom stereocenters. The maximum absolute atomic E-state index is 12.2. The number of ketones is 2. The molecule has 2 nitrogen and oxygen atoms in total. The zero-order valence-corrected chi connectivity index (χ0v) is 10.1. The second-order valence-corrected chi connectivity index (χ2v) is 4.15. The van der Waals surface area contributed by atoms with Crippen LogP contribution in [0.25, 0.3) is 0 Å². The Bertz CT molecular complexity index is 553. The summed E-state index contributed by atoms with van der Waals surface area (Å²) in [5, 5.41) is 0.0480. The van der Waals surface area contributed by atoms with E-state index in [0.29, 0.717) is 23.1 Å². The number of hydrogen-bond donors (Lipinski definition) is 0. The Morgan fingerprint density at radius 1 is 1.12 bits per heavy atom. The minimum absolute atomic E-state index is 0.0480. The molecule has 17 heavy (non-hydrogen) atoms. The van der Waals surface area contributed by atoms with Crippen LogP contribution in [-0.4, -0.2) is 11.6 Å². The zero-order valence-electron chi connectivity index (χ0n) is 9.37. The van der Waals surface area contributed by atoms with Crippen LogP contribution in [0.3, 0.4) is 0 Å². The van der Waals surface area contributed by atoms with Gasteiger partial charge in [-0.25, -0.2) is 0 Å². The molecule has 0 aliphatic heterocycles. The fraction of sp³-hybridized carbons (Fsp3) is 0.143. The molecule has 1 aromatic carbocycles. The monoisotopic (exact) mass is 246 g/mol. The summed E-state index contributed by atoms with van der Waals surface area (Å²) in [5.41, 5.74) is 1.22. The van der Waals surface area contributed by atoms with E-state index in [2.05, 4.69) is 0 Å². The van der Waals surface area contributed by atoms with E-state index < -0.39 is 0 Å². The number of fused-ring (bicyclic) bond motifs is 1. The lowest BCUT2D eigenvalue weighted by Gasteiger charge is -2.16. The minimum Gasteiger partial charge on any atom is -0.289 e. The van der Waals surface area contributed by atoms with Crippen molar-refractivity contribution in [3.8, 4) is 0 Å². The Kier molecular flexibility index (Phi) is 3.25. The SMILES string of the molecule is C/C=C/CC1=C(Cl)C(=O)c2ccccc2C1=O. The maximum Gasteiger partial charge on any atom is 0.205 e. The second kappa shape index (κ2) is 4.68. The Morgan fingerprint density at radius 2 is 1.71 bits per heavy atom. The van der Waals surface area contributed by atoms with Crippen molar-refractivity contribution in [3.05, 3.63) is 58.1 Å². The van der Waals surface area contributed by atoms with Crippen molar-refractivity contribution in [3.63, 3.8) is 0 Å². The topological polar surface area (TPSA) is 34.1 Å². The fourth-order valence-electron chi connectivity index (χ4n) is 1.81. The Balaban J connectivity index is 2.54. The molecule has 0 saturated heterocycles. The van der Waals surface area contributed by atoms with E-state index in [4.69, 9.17) is 11.6 Å². The van der Waals surface area contributed by atoms with Gasteiger partial charge in [0, 0.05) is 16.7 Å². The standard InChI is InChI=1S/C14H11ClO2/c1-2-3-6-11-12(15)14(17)10-8-5-4-7-9(10)13(11)16/h2-5,7-8H,6H2,1H3/b3-2+. The van der Waals surface area contributed by atoms with Gasteiger partial charge in [-0.1, -0.05) is 48.0 Å². The first-order valence-corrected chi connectivity index (χ1v) is 5.73. The summed E-state index contributed by atoms with van der Waals surface area (Å²) < 4.78 is 0. The average molecular weight is 247 g/mol. The lowest BCUT2D eigenvalue weighted by atomic mass is 9.88. The maximum atomic E-state index is 12.2. The molecule has 0 saturated carbocycles. The first-order valence-electron chi connectivity index (χ1n) is 5.35. The highest BCUT2D eigenvalue weighted by Gasteiger charge is 2.29. The van der Waals surface area contributed by atoms with Gasteiger partial charge in [-0.15, -0.1) is 0 Å². The Labute approximate surface area is 105 Å². The van der Waals surface area contributed by atoms with E-state index in [1.807, 2.05) is 19.1 Å². The third-order valence-electron chi connectivity index (χ3n) is 2.71. The lowest BCUT2D eigenvalue weighted by Crippen LogP contribution is -2.19. The van der Waals surface area contributed by atoms with Gasteiger partial charge in [0.2, 0.25) is 5.78 Å². The van der Waals surface area contributed by atoms with Gasteiger partial charge >= 0.3 is 0 Å². The predicted molar refractivity (Wildman–Crippen MR) is 67.4 cm³/mol. The van der Waals surface area contributed by atoms with Crippen LogP contribution in [0, 0.1) is 0 Å². The highest BCUT2D eigenvalue weighted by molar-refractivity contribution is 6.50. The summed E-state index contributed by atoms with van der Waals surface area (Å²) in [4.78, 5) is 24.1. The van der Waals surface area contributed by atoms with Gasteiger partial charge in [0.1, 0.15) is 0 Å². The lowest BCUT2D eigenvalue weighted by molar-refractivity contribution is 0.0979. The molecule has 0 radical (unpaired) electrons. The van der Waals surface area contributed by atoms with Crippen molar-refractivity contribution in [2.75, 3.05) is 0 Å². The third kappa shape index (κ3) is 1.96. The molecule has 1 aromatic rings. The van der Waals surface area contributed by atoms with Gasteiger partial charge in [0.25, 0.3) is 0 Å². The predicted octanol–water partition coefficient (Wildman–Crippen LogP) is 3.52. The largest absolute Gasteiger partial charge is 0.289 e. The summed E-state index contributed by atoms with van der Waals surface area (Å²) in [5.74, 6) is -0.412. The first-order chi connectivity index (χ1) is 8.16. The van der Waals surface area contributed by atoms with Crippen LogP contribution < -0.4 is 0 Å². The normalized spacial score (nSPS) is 15.6. The van der Waals surface area contributed by atoms with Crippen molar-refractivity contribution >= 4 is 23.2 Å². The van der Waals surface area contributed by atoms with Crippen LogP contribution in [-0.2, 0) is 0 Å². The molecule has 0 fully saturated rings. The van der Waals surface area contributed by atoms with E-state index >= 15 is 0 Å². The summed E-state index contributed by atoms with van der Waals surface area (Å²) in [6, 6.07) is 6.76. The highest BCUT2D eigenvalue weighted by atomic mass is 35.5. The van der Waals surface area contributed by atoms with Crippen molar-refractivity contribution in [2.24, 2.45) is 0 Å². The summed E-state index contributed by atoms with van der Waals surface area (Å²) in [6.07, 6.45) is 4.04. The number of rotatable bonds is 2. The number of carbonyl (C=O) groups is 2. The molecule has 1 aliphatic carbocycles. The number of carbonyl (C=O) groups excluding carboxylic acids is 2. The number of allylic oxidation sites excluding steroid dienone is 4. The summed E-state index contributed by atoms with van der Waals surface area (Å²) in [7, 11) is 0. The smallest absolute Gasteiger partial charge is 0.205 e. The summed E-state index contributed by atoms with van der Waals surface area (Å²) >= 11 is 5.97. The Morgan fingerprint density at radius 3 is 2.29 bits per heavy atom. The zero-order chi connectivity index (χ0) is 12.4. The van der Waals surface area contributed by atoms with Gasteiger partial charge in [-0.2, -0.15) is 0 Å². The van der Waals surface area contributed by atoms with E-state index in [1.165, 1.54) is 0 Å². The minimum atomic E-state index is -0.263. The molecule has 0 spiro atoms. The van der Waals surface area contributed by atoms with Crippen molar-refractivity contribution in [1.82, 2.24) is 0 Å². The molecule has 0 bridgehead atoms. The molecule has 1 aliphatic rings. The Hall–Kier alpha value is -1.67. The van der Waals surface area contributed by atoms with E-state index in [9.17, 15) is 9.59 Å². The number of halogens is 1. The van der Waals surface area contributed by atoms with Crippen molar-refractivity contribution < 1.29 is 9.59 Å². The molecule has 2 rings (SSSR count). The van der Waals surface area contributed by atoms with Crippen LogP contribution in [0.4, 0.5) is 0 Å².